The van der Waals surface area contributed by atoms with Crippen LogP contribution in [-0.4, -0.2) is 30.4 Å². The number of carboxylic acid groups (broad SMARTS) is 1. The van der Waals surface area contributed by atoms with E-state index in [0.717, 1.165) is 19.4 Å². The molecule has 1 aromatic rings. The summed E-state index contributed by atoms with van der Waals surface area (Å²) in [7, 11) is 0. The van der Waals surface area contributed by atoms with E-state index >= 15 is 0 Å². The predicted octanol–water partition coefficient (Wildman–Crippen LogP) is 2.25. The molecule has 0 aliphatic carbocycles. The van der Waals surface area contributed by atoms with Gasteiger partial charge in [0.05, 0.1) is 11.7 Å². The molecule has 1 N–H and O–H groups in total. The first-order valence-corrected chi connectivity index (χ1v) is 5.75. The maximum atomic E-state index is 10.8. The van der Waals surface area contributed by atoms with Crippen LogP contribution in [0.5, 0.6) is 5.75 Å². The lowest BCUT2D eigenvalue weighted by molar-refractivity contribution is 0.0674. The van der Waals surface area contributed by atoms with Gasteiger partial charge in [-0.15, -0.1) is 0 Å². The summed E-state index contributed by atoms with van der Waals surface area (Å²) in [4.78, 5) is 10.8. The molecule has 1 atom stereocenters. The summed E-state index contributed by atoms with van der Waals surface area (Å²) in [6.07, 6.45) is 2.30. The Bertz CT molecular complexity index is 408. The fraction of sp³-hybridized carbons (Fsp3) is 0.462. The Morgan fingerprint density at radius 1 is 1.59 bits per heavy atom. The van der Waals surface area contributed by atoms with Crippen molar-refractivity contribution in [1.29, 1.82) is 0 Å². The van der Waals surface area contributed by atoms with E-state index in [1.165, 1.54) is 0 Å². The van der Waals surface area contributed by atoms with E-state index in [2.05, 4.69) is 0 Å². The van der Waals surface area contributed by atoms with Crippen molar-refractivity contribution in [2.75, 3.05) is 13.2 Å². The number of hydrogen-bond donors (Lipinski definition) is 1. The molecule has 2 rings (SSSR count). The fourth-order valence-electron chi connectivity index (χ4n) is 1.93. The molecule has 1 unspecified atom stereocenters. The van der Waals surface area contributed by atoms with Crippen molar-refractivity contribution in [2.24, 2.45) is 0 Å². The molecule has 1 fully saturated rings. The van der Waals surface area contributed by atoms with Gasteiger partial charge in [0.25, 0.3) is 0 Å². The monoisotopic (exact) mass is 236 g/mol. The molecule has 1 heterocycles. The molecule has 0 radical (unpaired) electrons. The van der Waals surface area contributed by atoms with Gasteiger partial charge in [0.1, 0.15) is 12.4 Å². The Labute approximate surface area is 100 Å². The van der Waals surface area contributed by atoms with Gasteiger partial charge in [-0.2, -0.15) is 0 Å². The molecule has 92 valence electrons. The standard InChI is InChI=1S/C13H16O4/c1-9-7-10(4-5-12(9)13(14)15)17-8-11-3-2-6-16-11/h4-5,7,11H,2-3,6,8H2,1H3,(H,14,15). The molecule has 17 heavy (non-hydrogen) atoms. The minimum Gasteiger partial charge on any atom is -0.491 e. The van der Waals surface area contributed by atoms with Crippen LogP contribution < -0.4 is 4.74 Å². The average Bonchev–Trinajstić information content (AvgIpc) is 2.78. The lowest BCUT2D eigenvalue weighted by Crippen LogP contribution is -2.16. The van der Waals surface area contributed by atoms with Gasteiger partial charge in [-0.05, 0) is 43.5 Å². The second-order valence-electron chi connectivity index (χ2n) is 4.23. The Kier molecular flexibility index (Phi) is 3.64. The lowest BCUT2D eigenvalue weighted by atomic mass is 10.1. The first-order chi connectivity index (χ1) is 8.16. The van der Waals surface area contributed by atoms with Crippen molar-refractivity contribution in [2.45, 2.75) is 25.9 Å². The summed E-state index contributed by atoms with van der Waals surface area (Å²) >= 11 is 0. The first-order valence-electron chi connectivity index (χ1n) is 5.75. The van der Waals surface area contributed by atoms with E-state index in [0.29, 0.717) is 23.5 Å². The van der Waals surface area contributed by atoms with Crippen LogP contribution in [0.15, 0.2) is 18.2 Å². The third-order valence-corrected chi connectivity index (χ3v) is 2.89. The minimum absolute atomic E-state index is 0.175. The summed E-state index contributed by atoms with van der Waals surface area (Å²) in [5.74, 6) is -0.212. The SMILES string of the molecule is Cc1cc(OCC2CCCO2)ccc1C(=O)O. The van der Waals surface area contributed by atoms with E-state index in [1.54, 1.807) is 25.1 Å². The molecule has 1 aliphatic rings. The van der Waals surface area contributed by atoms with E-state index in [-0.39, 0.29) is 6.10 Å². The van der Waals surface area contributed by atoms with Crippen LogP contribution in [0.2, 0.25) is 0 Å². The van der Waals surface area contributed by atoms with Crippen molar-refractivity contribution >= 4 is 5.97 Å². The topological polar surface area (TPSA) is 55.8 Å². The van der Waals surface area contributed by atoms with Gasteiger partial charge in [0.15, 0.2) is 0 Å². The molecule has 4 heteroatoms. The van der Waals surface area contributed by atoms with Crippen LogP contribution >= 0.6 is 0 Å². The Balaban J connectivity index is 1.97. The number of carboxylic acids is 1. The van der Waals surface area contributed by atoms with Gasteiger partial charge >= 0.3 is 5.97 Å². The van der Waals surface area contributed by atoms with Crippen LogP contribution in [0.1, 0.15) is 28.8 Å². The number of aromatic carboxylic acids is 1. The third-order valence-electron chi connectivity index (χ3n) is 2.89. The van der Waals surface area contributed by atoms with Gasteiger partial charge in [0, 0.05) is 6.61 Å². The van der Waals surface area contributed by atoms with Gasteiger partial charge in [-0.25, -0.2) is 4.79 Å². The second-order valence-corrected chi connectivity index (χ2v) is 4.23. The van der Waals surface area contributed by atoms with Crippen molar-refractivity contribution < 1.29 is 19.4 Å². The van der Waals surface area contributed by atoms with Gasteiger partial charge in [-0.1, -0.05) is 0 Å². The first kappa shape index (κ1) is 11.9. The van der Waals surface area contributed by atoms with E-state index in [1.807, 2.05) is 0 Å². The highest BCUT2D eigenvalue weighted by Gasteiger charge is 2.16. The molecular formula is C13H16O4. The number of rotatable bonds is 4. The summed E-state index contributed by atoms with van der Waals surface area (Å²) in [6, 6.07) is 5.01. The summed E-state index contributed by atoms with van der Waals surface area (Å²) in [5, 5.41) is 8.90. The zero-order valence-corrected chi connectivity index (χ0v) is 9.81. The second kappa shape index (κ2) is 5.19. The van der Waals surface area contributed by atoms with Crippen molar-refractivity contribution in [3.05, 3.63) is 29.3 Å². The van der Waals surface area contributed by atoms with Crippen LogP contribution in [0.3, 0.4) is 0 Å². The maximum absolute atomic E-state index is 10.8. The molecule has 1 aliphatic heterocycles. The molecule has 0 aromatic heterocycles. The van der Waals surface area contributed by atoms with Gasteiger partial charge in [-0.3, -0.25) is 0 Å². The highest BCUT2D eigenvalue weighted by molar-refractivity contribution is 5.89. The molecule has 0 amide bonds. The third kappa shape index (κ3) is 2.97. The van der Waals surface area contributed by atoms with Crippen molar-refractivity contribution in [1.82, 2.24) is 0 Å². The summed E-state index contributed by atoms with van der Waals surface area (Å²) in [5.41, 5.74) is 1.02. The normalized spacial score (nSPS) is 19.2. The van der Waals surface area contributed by atoms with Crippen molar-refractivity contribution in [3.8, 4) is 5.75 Å². The van der Waals surface area contributed by atoms with Crippen LogP contribution in [-0.2, 0) is 4.74 Å². The number of hydrogen-bond acceptors (Lipinski definition) is 3. The van der Waals surface area contributed by atoms with Gasteiger partial charge in [0.2, 0.25) is 0 Å². The highest BCUT2D eigenvalue weighted by atomic mass is 16.5. The summed E-state index contributed by atoms with van der Waals surface area (Å²) < 4.78 is 11.0. The highest BCUT2D eigenvalue weighted by Crippen LogP contribution is 2.19. The van der Waals surface area contributed by atoms with E-state index in [4.69, 9.17) is 14.6 Å². The fourth-order valence-corrected chi connectivity index (χ4v) is 1.93. The Hall–Kier alpha value is -1.55. The smallest absolute Gasteiger partial charge is 0.335 e. The quantitative estimate of drug-likeness (QED) is 0.871. The predicted molar refractivity (Wildman–Crippen MR) is 62.6 cm³/mol. The van der Waals surface area contributed by atoms with Crippen LogP contribution in [0.4, 0.5) is 0 Å². The van der Waals surface area contributed by atoms with Crippen LogP contribution in [0, 0.1) is 6.92 Å². The largest absolute Gasteiger partial charge is 0.491 e. The number of carbonyl (C=O) groups is 1. The molecule has 4 nitrogen and oxygen atoms in total. The minimum atomic E-state index is -0.909. The van der Waals surface area contributed by atoms with E-state index in [9.17, 15) is 4.79 Å². The van der Waals surface area contributed by atoms with Gasteiger partial charge < -0.3 is 14.6 Å². The zero-order chi connectivity index (χ0) is 12.3. The maximum Gasteiger partial charge on any atom is 0.335 e. The molecule has 0 spiro atoms. The summed E-state index contributed by atoms with van der Waals surface area (Å²) in [6.45, 7) is 3.11. The molecule has 0 bridgehead atoms. The number of aryl methyl sites for hydroxylation is 1. The molecule has 1 aromatic carbocycles. The van der Waals surface area contributed by atoms with E-state index < -0.39 is 5.97 Å². The number of benzene rings is 1. The molecular weight excluding hydrogens is 220 g/mol. The Morgan fingerprint density at radius 3 is 3.00 bits per heavy atom. The zero-order valence-electron chi connectivity index (χ0n) is 9.81. The van der Waals surface area contributed by atoms with Crippen LogP contribution in [0.25, 0.3) is 0 Å². The lowest BCUT2D eigenvalue weighted by Gasteiger charge is -2.12. The van der Waals surface area contributed by atoms with Crippen molar-refractivity contribution in [3.63, 3.8) is 0 Å². The molecule has 1 saturated heterocycles. The molecule has 0 saturated carbocycles. The average molecular weight is 236 g/mol. The number of ether oxygens (including phenoxy) is 2. The Morgan fingerprint density at radius 2 is 2.41 bits per heavy atom.